The molecule has 2 N–H and O–H groups in total. The van der Waals surface area contributed by atoms with Crippen molar-refractivity contribution in [1.82, 2.24) is 10.3 Å². The largest absolute Gasteiger partial charge is 0.356 e. The molecular formula is C19H16BrN3O3. The van der Waals surface area contributed by atoms with Gasteiger partial charge in [-0.2, -0.15) is 0 Å². The van der Waals surface area contributed by atoms with Crippen LogP contribution in [0.2, 0.25) is 0 Å². The van der Waals surface area contributed by atoms with Crippen LogP contribution in [-0.2, 0) is 6.42 Å². The van der Waals surface area contributed by atoms with Crippen LogP contribution in [0, 0.1) is 10.1 Å². The van der Waals surface area contributed by atoms with E-state index in [2.05, 4.69) is 32.3 Å². The smallest absolute Gasteiger partial charge is 0.282 e. The van der Waals surface area contributed by atoms with E-state index in [-0.39, 0.29) is 17.3 Å². The number of fused-ring (bicyclic) bond motifs is 3. The molecule has 3 aromatic rings. The van der Waals surface area contributed by atoms with Crippen molar-refractivity contribution in [2.75, 3.05) is 0 Å². The number of rotatable bonds is 3. The topological polar surface area (TPSA) is 88.0 Å². The van der Waals surface area contributed by atoms with E-state index in [9.17, 15) is 14.9 Å². The summed E-state index contributed by atoms with van der Waals surface area (Å²) in [6, 6.07) is 11.9. The van der Waals surface area contributed by atoms with Gasteiger partial charge in [-0.25, -0.2) is 0 Å². The lowest BCUT2D eigenvalue weighted by atomic mass is 9.91. The van der Waals surface area contributed by atoms with Gasteiger partial charge in [-0.3, -0.25) is 14.9 Å². The monoisotopic (exact) mass is 413 g/mol. The van der Waals surface area contributed by atoms with Gasteiger partial charge in [-0.1, -0.05) is 28.1 Å². The highest BCUT2D eigenvalue weighted by Gasteiger charge is 2.28. The normalized spacial score (nSPS) is 16.3. The summed E-state index contributed by atoms with van der Waals surface area (Å²) < 4.78 is 1.01. The number of nitrogens with zero attached hydrogens (tertiary/aromatic N) is 1. The minimum absolute atomic E-state index is 0.0866. The van der Waals surface area contributed by atoms with Crippen LogP contribution in [-0.4, -0.2) is 15.8 Å². The molecule has 0 spiro atoms. The molecular weight excluding hydrogens is 398 g/mol. The third-order valence-corrected chi connectivity index (χ3v) is 5.31. The average molecular weight is 414 g/mol. The number of carbonyl (C=O) groups excluding carboxylic acids is 1. The van der Waals surface area contributed by atoms with Gasteiger partial charge in [0.05, 0.1) is 11.0 Å². The van der Waals surface area contributed by atoms with E-state index in [0.29, 0.717) is 0 Å². The molecule has 132 valence electrons. The maximum atomic E-state index is 12.7. The fourth-order valence-corrected chi connectivity index (χ4v) is 4.00. The maximum absolute atomic E-state index is 12.7. The molecule has 0 radical (unpaired) electrons. The average Bonchev–Trinajstić information content (AvgIpc) is 3.00. The Balaban J connectivity index is 1.68. The Bertz CT molecular complexity index is 1030. The zero-order valence-corrected chi connectivity index (χ0v) is 15.4. The van der Waals surface area contributed by atoms with E-state index in [1.54, 1.807) is 12.1 Å². The Morgan fingerprint density at radius 1 is 1.27 bits per heavy atom. The fourth-order valence-electron chi connectivity index (χ4n) is 3.64. The second-order valence-electron chi connectivity index (χ2n) is 6.40. The number of hydrogen-bond donors (Lipinski definition) is 2. The Hall–Kier alpha value is -2.67. The Labute approximate surface area is 157 Å². The van der Waals surface area contributed by atoms with Gasteiger partial charge in [0.1, 0.15) is 5.56 Å². The first-order chi connectivity index (χ1) is 12.5. The third kappa shape index (κ3) is 2.88. The number of nitro groups is 1. The number of benzene rings is 2. The predicted octanol–water partition coefficient (Wildman–Crippen LogP) is 4.65. The number of aromatic nitrogens is 1. The summed E-state index contributed by atoms with van der Waals surface area (Å²) in [6.45, 7) is 0. The van der Waals surface area contributed by atoms with Crippen molar-refractivity contribution in [3.8, 4) is 0 Å². The predicted molar refractivity (Wildman–Crippen MR) is 102 cm³/mol. The molecule has 0 fully saturated rings. The van der Waals surface area contributed by atoms with Gasteiger partial charge >= 0.3 is 0 Å². The van der Waals surface area contributed by atoms with Crippen molar-refractivity contribution in [3.05, 3.63) is 73.9 Å². The van der Waals surface area contributed by atoms with Gasteiger partial charge in [0.15, 0.2) is 0 Å². The van der Waals surface area contributed by atoms with Gasteiger partial charge in [-0.15, -0.1) is 0 Å². The van der Waals surface area contributed by atoms with Crippen molar-refractivity contribution in [2.45, 2.75) is 25.3 Å². The molecule has 0 aliphatic heterocycles. The molecule has 1 amide bonds. The van der Waals surface area contributed by atoms with Crippen LogP contribution in [0.5, 0.6) is 0 Å². The Kier molecular flexibility index (Phi) is 4.24. The van der Waals surface area contributed by atoms with E-state index < -0.39 is 10.8 Å². The number of nitro benzene ring substituents is 1. The first-order valence-corrected chi connectivity index (χ1v) is 9.18. The summed E-state index contributed by atoms with van der Waals surface area (Å²) in [5.41, 5.74) is 3.15. The van der Waals surface area contributed by atoms with Gasteiger partial charge in [0, 0.05) is 27.1 Å². The second kappa shape index (κ2) is 6.57. The summed E-state index contributed by atoms with van der Waals surface area (Å²) in [5, 5.41) is 15.3. The molecule has 1 unspecified atom stereocenters. The molecule has 1 atom stereocenters. The van der Waals surface area contributed by atoms with Gasteiger partial charge in [0.2, 0.25) is 0 Å². The minimum Gasteiger partial charge on any atom is -0.356 e. The van der Waals surface area contributed by atoms with Crippen molar-refractivity contribution in [3.63, 3.8) is 0 Å². The molecule has 1 aromatic heterocycles. The van der Waals surface area contributed by atoms with Gasteiger partial charge < -0.3 is 10.3 Å². The minimum atomic E-state index is -0.526. The molecule has 4 rings (SSSR count). The van der Waals surface area contributed by atoms with E-state index in [0.717, 1.165) is 40.3 Å². The first-order valence-electron chi connectivity index (χ1n) is 8.39. The quantitative estimate of drug-likeness (QED) is 0.483. The standard InChI is InChI=1S/C19H16BrN3O3/c20-11-8-9-15-14(10-11)12-5-3-6-16(18(12)21-15)22-19(24)13-4-1-2-7-17(13)23(25)26/h1-2,4,7-10,16,21H,3,5-6H2,(H,22,24). The molecule has 0 saturated carbocycles. The van der Waals surface area contributed by atoms with Crippen molar-refractivity contribution in [2.24, 2.45) is 0 Å². The van der Waals surface area contributed by atoms with Crippen LogP contribution in [0.1, 0.15) is 40.5 Å². The van der Waals surface area contributed by atoms with Crippen molar-refractivity contribution in [1.29, 1.82) is 0 Å². The molecule has 1 aliphatic carbocycles. The lowest BCUT2D eigenvalue weighted by Gasteiger charge is -2.23. The van der Waals surface area contributed by atoms with E-state index in [1.807, 2.05) is 12.1 Å². The van der Waals surface area contributed by atoms with E-state index >= 15 is 0 Å². The number of hydrogen-bond acceptors (Lipinski definition) is 3. The van der Waals surface area contributed by atoms with Crippen LogP contribution in [0.15, 0.2) is 46.9 Å². The lowest BCUT2D eigenvalue weighted by Crippen LogP contribution is -2.31. The first kappa shape index (κ1) is 16.8. The molecule has 0 saturated heterocycles. The molecule has 0 bridgehead atoms. The van der Waals surface area contributed by atoms with Crippen LogP contribution in [0.25, 0.3) is 10.9 Å². The van der Waals surface area contributed by atoms with Crippen LogP contribution in [0.3, 0.4) is 0 Å². The zero-order valence-electron chi connectivity index (χ0n) is 13.8. The van der Waals surface area contributed by atoms with Crippen molar-refractivity contribution < 1.29 is 9.72 Å². The number of aromatic amines is 1. The Morgan fingerprint density at radius 2 is 2.08 bits per heavy atom. The lowest BCUT2D eigenvalue weighted by molar-refractivity contribution is -0.385. The summed E-state index contributed by atoms with van der Waals surface area (Å²) in [4.78, 5) is 26.8. The van der Waals surface area contributed by atoms with E-state index in [1.165, 1.54) is 17.7 Å². The van der Waals surface area contributed by atoms with Crippen LogP contribution >= 0.6 is 15.9 Å². The fraction of sp³-hybridized carbons (Fsp3) is 0.211. The highest BCUT2D eigenvalue weighted by atomic mass is 79.9. The number of nitrogens with one attached hydrogen (secondary N) is 2. The number of amides is 1. The number of para-hydroxylation sites is 1. The summed E-state index contributed by atoms with van der Waals surface area (Å²) in [5.74, 6) is -0.421. The number of carbonyl (C=O) groups is 1. The molecule has 26 heavy (non-hydrogen) atoms. The SMILES string of the molecule is O=C(NC1CCCc2c1[nH]c1ccc(Br)cc21)c1ccccc1[N+](=O)[O-]. The molecule has 6 nitrogen and oxygen atoms in total. The molecule has 1 aliphatic rings. The van der Waals surface area contributed by atoms with Gasteiger partial charge in [-0.05, 0) is 49.1 Å². The number of H-pyrrole nitrogens is 1. The maximum Gasteiger partial charge on any atom is 0.282 e. The third-order valence-electron chi connectivity index (χ3n) is 4.82. The summed E-state index contributed by atoms with van der Waals surface area (Å²) in [7, 11) is 0. The summed E-state index contributed by atoms with van der Waals surface area (Å²) in [6.07, 6.45) is 2.70. The zero-order chi connectivity index (χ0) is 18.3. The number of halogens is 1. The number of aryl methyl sites for hydroxylation is 1. The van der Waals surface area contributed by atoms with E-state index in [4.69, 9.17) is 0 Å². The van der Waals surface area contributed by atoms with Crippen molar-refractivity contribution >= 4 is 38.4 Å². The molecule has 1 heterocycles. The highest BCUT2D eigenvalue weighted by Crippen LogP contribution is 2.36. The van der Waals surface area contributed by atoms with Crippen LogP contribution < -0.4 is 5.32 Å². The highest BCUT2D eigenvalue weighted by molar-refractivity contribution is 9.10. The van der Waals surface area contributed by atoms with Gasteiger partial charge in [0.25, 0.3) is 11.6 Å². The molecule has 2 aromatic carbocycles. The molecule has 7 heteroatoms. The summed E-state index contributed by atoms with van der Waals surface area (Å²) >= 11 is 3.50. The van der Waals surface area contributed by atoms with Crippen LogP contribution in [0.4, 0.5) is 5.69 Å². The second-order valence-corrected chi connectivity index (χ2v) is 7.32. The Morgan fingerprint density at radius 3 is 2.88 bits per heavy atom.